The number of carbonyl (C=O) groups is 6. The summed E-state index contributed by atoms with van der Waals surface area (Å²) in [6.07, 6.45) is -6.88. The zero-order valence-corrected chi connectivity index (χ0v) is 43.3. The van der Waals surface area contributed by atoms with Gasteiger partial charge in [0.15, 0.2) is 0 Å². The van der Waals surface area contributed by atoms with E-state index in [0.29, 0.717) is 0 Å². The Balaban J connectivity index is 2.74. The molecule has 14 N–H and O–H groups in total. The molecule has 334 valence electrons. The molecule has 22 nitrogen and oxygen atoms in total. The van der Waals surface area contributed by atoms with E-state index < -0.39 is 113 Å². The van der Waals surface area contributed by atoms with Gasteiger partial charge in [-0.25, -0.2) is 0 Å². The SMILES string of the molecule is O=CN(CC(O)C(O)CN(C=O)c1c(I)c(C(=O)NC(O)CO)c(I)c(C(=O)NC(CO)CO)c1I)c1c(I)c(C(=O)NC(O)CO)c(I)c(C(=O)NC(CO)CO)c1I. The number of aliphatic hydroxyl groups is 10. The molecule has 0 aliphatic rings. The lowest BCUT2D eigenvalue weighted by Crippen LogP contribution is -2.46. The molecule has 0 heterocycles. The molecule has 4 unspecified atom stereocenters. The van der Waals surface area contributed by atoms with Gasteiger partial charge in [0.2, 0.25) is 12.8 Å². The van der Waals surface area contributed by atoms with Crippen LogP contribution in [-0.4, -0.2) is 177 Å². The lowest BCUT2D eigenvalue weighted by molar-refractivity contribution is -0.109. The van der Waals surface area contributed by atoms with E-state index in [9.17, 15) is 79.8 Å². The molecule has 6 amide bonds. The minimum absolute atomic E-state index is 0.000300. The predicted octanol–water partition coefficient (Wildman–Crippen LogP) is -3.09. The van der Waals surface area contributed by atoms with E-state index >= 15 is 0 Å². The van der Waals surface area contributed by atoms with Crippen molar-refractivity contribution in [2.45, 2.75) is 36.7 Å². The summed E-state index contributed by atoms with van der Waals surface area (Å²) in [5.74, 6) is -3.81. The Morgan fingerprint density at radius 2 is 0.700 bits per heavy atom. The fraction of sp³-hybridized carbons (Fsp3) is 0.438. The van der Waals surface area contributed by atoms with Crippen molar-refractivity contribution in [2.24, 2.45) is 0 Å². The van der Waals surface area contributed by atoms with Crippen LogP contribution in [0.15, 0.2) is 0 Å². The largest absolute Gasteiger partial charge is 0.394 e. The highest BCUT2D eigenvalue weighted by Gasteiger charge is 2.35. The van der Waals surface area contributed by atoms with Crippen LogP contribution in [0.2, 0.25) is 0 Å². The Hall–Kier alpha value is -0.760. The highest BCUT2D eigenvalue weighted by Crippen LogP contribution is 2.39. The second-order valence-electron chi connectivity index (χ2n) is 12.1. The summed E-state index contributed by atoms with van der Waals surface area (Å²) in [6.45, 7) is -5.97. The van der Waals surface area contributed by atoms with Gasteiger partial charge in [0, 0.05) is 7.14 Å². The molecule has 2 aromatic rings. The number of hydrogen-bond donors (Lipinski definition) is 14. The summed E-state index contributed by atoms with van der Waals surface area (Å²) in [5.41, 5.74) is -1.28. The molecule has 2 aromatic carbocycles. The summed E-state index contributed by atoms with van der Waals surface area (Å²) in [6, 6.07) is -2.28. The van der Waals surface area contributed by atoms with Crippen LogP contribution in [0.3, 0.4) is 0 Å². The van der Waals surface area contributed by atoms with Crippen LogP contribution < -0.4 is 31.1 Å². The zero-order chi connectivity index (χ0) is 45.8. The lowest BCUT2D eigenvalue weighted by atomic mass is 10.0. The van der Waals surface area contributed by atoms with Gasteiger partial charge in [-0.1, -0.05) is 0 Å². The normalized spacial score (nSPS) is 13.3. The summed E-state index contributed by atoms with van der Waals surface area (Å²) < 4.78 is 0.0220. The highest BCUT2D eigenvalue weighted by atomic mass is 127. The van der Waals surface area contributed by atoms with Crippen molar-refractivity contribution in [3.63, 3.8) is 0 Å². The molecule has 0 saturated carbocycles. The van der Waals surface area contributed by atoms with Crippen LogP contribution in [0, 0.1) is 21.4 Å². The van der Waals surface area contributed by atoms with Crippen LogP contribution in [0.1, 0.15) is 41.4 Å². The van der Waals surface area contributed by atoms with E-state index in [1.807, 2.05) is 0 Å². The number of benzene rings is 2. The van der Waals surface area contributed by atoms with Gasteiger partial charge >= 0.3 is 0 Å². The molecule has 2 rings (SSSR count). The fourth-order valence-electron chi connectivity index (χ4n) is 4.98. The van der Waals surface area contributed by atoms with E-state index in [0.717, 1.165) is 9.80 Å². The minimum atomic E-state index is -1.92. The Kier molecular flexibility index (Phi) is 24.2. The number of carbonyl (C=O) groups excluding carboxylic acids is 6. The van der Waals surface area contributed by atoms with Crippen LogP contribution in [0.5, 0.6) is 0 Å². The molecular weight excluding hydrogens is 1490 g/mol. The molecule has 0 radical (unpaired) electrons. The number of halogens is 6. The highest BCUT2D eigenvalue weighted by molar-refractivity contribution is 14.1. The first-order valence-electron chi connectivity index (χ1n) is 16.7. The Morgan fingerprint density at radius 3 is 0.917 bits per heavy atom. The first kappa shape index (κ1) is 55.4. The monoisotopic (exact) mass is 1520 g/mol. The number of anilines is 2. The van der Waals surface area contributed by atoms with E-state index in [4.69, 9.17) is 0 Å². The molecule has 0 aromatic heterocycles. The number of aliphatic hydroxyl groups excluding tert-OH is 10. The minimum Gasteiger partial charge on any atom is -0.394 e. The third-order valence-corrected chi connectivity index (χ3v) is 14.4. The molecule has 0 aliphatic heterocycles. The van der Waals surface area contributed by atoms with Crippen LogP contribution in [0.25, 0.3) is 0 Å². The quantitative estimate of drug-likeness (QED) is 0.0298. The third-order valence-electron chi connectivity index (χ3n) is 8.03. The number of nitrogens with zero attached hydrogens (tertiary/aromatic N) is 2. The van der Waals surface area contributed by atoms with E-state index in [1.54, 1.807) is 136 Å². The molecule has 0 aliphatic carbocycles. The van der Waals surface area contributed by atoms with Gasteiger partial charge < -0.3 is 82.1 Å². The second kappa shape index (κ2) is 26.3. The van der Waals surface area contributed by atoms with Gasteiger partial charge in [-0.15, -0.1) is 0 Å². The Bertz CT molecular complexity index is 1780. The molecule has 0 bridgehead atoms. The number of nitrogens with one attached hydrogen (secondary N) is 4. The fourth-order valence-corrected chi connectivity index (χ4v) is 14.5. The van der Waals surface area contributed by atoms with E-state index in [2.05, 4.69) is 21.3 Å². The van der Waals surface area contributed by atoms with Crippen LogP contribution in [-0.2, 0) is 9.59 Å². The summed E-state index contributed by atoms with van der Waals surface area (Å²) in [5, 5.41) is 109. The lowest BCUT2D eigenvalue weighted by Gasteiger charge is -2.31. The van der Waals surface area contributed by atoms with Gasteiger partial charge in [-0.3, -0.25) is 28.8 Å². The first-order chi connectivity index (χ1) is 28.2. The standard InChI is InChI=1S/C32H38I6N6O16/c33-21-17(29(57)39-11(3-45)4-46)23(35)27(25(37)19(21)31(59)41-15(55)7-49)43(9-51)1-13(53)14(54)2-44(10-52)28-24(36)18(30(58)40-12(5-47)6-48)22(34)20(26(28)38)32(60)42-16(56)8-50/h9-16,45-50,53-56H,1-8H2,(H,39,57)(H,40,58)(H,41,59)(H,42,60). The number of hydrogen-bond acceptors (Lipinski definition) is 16. The predicted molar refractivity (Wildman–Crippen MR) is 260 cm³/mol. The molecular formula is C32H38I6N6O16. The maximum Gasteiger partial charge on any atom is 0.255 e. The van der Waals surface area contributed by atoms with Crippen molar-refractivity contribution < 1.29 is 79.8 Å². The topological polar surface area (TPSA) is 359 Å². The molecule has 4 atom stereocenters. The van der Waals surface area contributed by atoms with Crippen molar-refractivity contribution in [1.29, 1.82) is 0 Å². The van der Waals surface area contributed by atoms with Crippen molar-refractivity contribution in [1.82, 2.24) is 21.3 Å². The maximum atomic E-state index is 13.5. The third kappa shape index (κ3) is 13.6. The molecule has 0 spiro atoms. The van der Waals surface area contributed by atoms with Crippen molar-refractivity contribution in [3.8, 4) is 0 Å². The smallest absolute Gasteiger partial charge is 0.255 e. The number of rotatable bonds is 23. The van der Waals surface area contributed by atoms with E-state index in [1.165, 1.54) is 0 Å². The van der Waals surface area contributed by atoms with Crippen LogP contribution >= 0.6 is 136 Å². The van der Waals surface area contributed by atoms with E-state index in [-0.39, 0.29) is 67.9 Å². The van der Waals surface area contributed by atoms with Gasteiger partial charge in [0.1, 0.15) is 12.5 Å². The second-order valence-corrected chi connectivity index (χ2v) is 18.6. The summed E-state index contributed by atoms with van der Waals surface area (Å²) in [4.78, 5) is 80.9. The Labute approximate surface area is 422 Å². The Morgan fingerprint density at radius 1 is 0.450 bits per heavy atom. The molecule has 0 saturated heterocycles. The number of amides is 6. The van der Waals surface area contributed by atoms with Gasteiger partial charge in [0.25, 0.3) is 23.6 Å². The van der Waals surface area contributed by atoms with Crippen LogP contribution in [0.4, 0.5) is 11.4 Å². The first-order valence-corrected chi connectivity index (χ1v) is 23.2. The average molecular weight is 1520 g/mol. The zero-order valence-electron chi connectivity index (χ0n) is 30.4. The molecule has 60 heavy (non-hydrogen) atoms. The van der Waals surface area contributed by atoms with Crippen molar-refractivity contribution in [2.75, 3.05) is 62.5 Å². The van der Waals surface area contributed by atoms with Gasteiger partial charge in [0.05, 0.1) is 125 Å². The summed E-state index contributed by atoms with van der Waals surface area (Å²) >= 11 is 10.1. The molecule has 28 heteroatoms. The molecule has 0 fully saturated rings. The van der Waals surface area contributed by atoms with Gasteiger partial charge in [-0.2, -0.15) is 0 Å². The van der Waals surface area contributed by atoms with Gasteiger partial charge in [-0.05, 0) is 136 Å². The summed E-state index contributed by atoms with van der Waals surface area (Å²) in [7, 11) is 0. The van der Waals surface area contributed by atoms with Crippen molar-refractivity contribution >= 4 is 183 Å². The average Bonchev–Trinajstić information content (AvgIpc) is 3.20. The van der Waals surface area contributed by atoms with Crippen molar-refractivity contribution in [3.05, 3.63) is 43.7 Å². The maximum absolute atomic E-state index is 13.5.